The standard InChI is InChI=1S/C106H107BN4/c1-100(2,3)72-34-30-32-68(52-72)81-48-44-66(70-54-74(102(7,8)9)60-75(55-70)103(10,11)12)58-93(81)110-95-64-79(108-89-40-26-22-36-83(89)84-37-23-27-41-90(84)108)46-50-87(95)107-88-51-47-80(109-91-42-28-24-38-85(91)86-39-25-29-43-92(86)109)65-96(88)111(98-63-78(106(19,20)21)62-97(110)99(98)107)94-59-67(45-49-82(94)69-33-31-35-73(53-69)101(4,5)6)71-56-76(104(13,14)15)61-77(57-71)105(16,17)18/h22-65H,1-21H3. The number of anilines is 6. The van der Waals surface area contributed by atoms with Gasteiger partial charge < -0.3 is 18.9 Å². The van der Waals surface area contributed by atoms with E-state index < -0.39 is 0 Å². The lowest BCUT2D eigenvalue weighted by Gasteiger charge is -2.46. The van der Waals surface area contributed by atoms with Gasteiger partial charge in [0, 0.05) is 66.8 Å². The Hall–Kier alpha value is -10.9. The fourth-order valence-corrected chi connectivity index (χ4v) is 17.5. The molecule has 2 aromatic heterocycles. The summed E-state index contributed by atoms with van der Waals surface area (Å²) in [5.41, 5.74) is 35.2. The van der Waals surface area contributed by atoms with Crippen LogP contribution >= 0.6 is 0 Å². The second-order valence-electron chi connectivity index (χ2n) is 39.2. The molecule has 0 atom stereocenters. The van der Waals surface area contributed by atoms with Gasteiger partial charge in [0.2, 0.25) is 0 Å². The molecule has 2 aliphatic heterocycles. The van der Waals surface area contributed by atoms with Crippen molar-refractivity contribution >= 4 is 101 Å². The van der Waals surface area contributed by atoms with Crippen LogP contribution in [-0.4, -0.2) is 15.8 Å². The molecule has 13 aromatic carbocycles. The minimum atomic E-state index is -0.334. The van der Waals surface area contributed by atoms with E-state index in [1.54, 1.807) is 0 Å². The van der Waals surface area contributed by atoms with E-state index in [-0.39, 0.29) is 44.6 Å². The van der Waals surface area contributed by atoms with Crippen molar-refractivity contribution in [1.29, 1.82) is 0 Å². The number of rotatable bonds is 8. The monoisotopic (exact) mass is 1450 g/mol. The molecule has 0 fully saturated rings. The van der Waals surface area contributed by atoms with Gasteiger partial charge in [-0.25, -0.2) is 0 Å². The minimum Gasteiger partial charge on any atom is -0.311 e. The van der Waals surface area contributed by atoms with E-state index in [9.17, 15) is 0 Å². The Morgan fingerprint density at radius 3 is 0.820 bits per heavy atom. The van der Waals surface area contributed by atoms with Crippen LogP contribution in [0.15, 0.2) is 267 Å². The van der Waals surface area contributed by atoms with Crippen molar-refractivity contribution in [3.05, 3.63) is 306 Å². The van der Waals surface area contributed by atoms with Crippen LogP contribution in [0, 0.1) is 0 Å². The number of fused-ring (bicyclic) bond motifs is 10. The lowest BCUT2D eigenvalue weighted by molar-refractivity contribution is 0.568. The SMILES string of the molecule is CC(C)(C)c1cccc(-c2ccc(-c3cc(C(C)(C)C)cc(C(C)(C)C)c3)cc2N2c3cc(-n4c5ccccc5c5ccccc54)ccc3B3c4ccc(-n5c6ccccc6c6ccccc65)cc4N(c4cc(-c5cc(C(C)(C)C)cc(C(C)(C)C)c5)ccc4-c4cccc(C(C)(C)C)c4)c4cc(C(C)(C)C)cc2c43)c1. The number of hydrogen-bond donors (Lipinski definition) is 0. The molecule has 0 bridgehead atoms. The summed E-state index contributed by atoms with van der Waals surface area (Å²) in [6.07, 6.45) is 0. The molecular formula is C106H107BN4. The second kappa shape index (κ2) is 25.9. The first-order chi connectivity index (χ1) is 52.4. The first-order valence-electron chi connectivity index (χ1n) is 40.3. The number of hydrogen-bond acceptors (Lipinski definition) is 2. The molecule has 0 amide bonds. The van der Waals surface area contributed by atoms with Gasteiger partial charge in [-0.2, -0.15) is 0 Å². The lowest BCUT2D eigenvalue weighted by Crippen LogP contribution is -2.61. The minimum absolute atomic E-state index is 0.102. The highest BCUT2D eigenvalue weighted by molar-refractivity contribution is 7.00. The third-order valence-electron chi connectivity index (χ3n) is 24.1. The Morgan fingerprint density at radius 2 is 0.505 bits per heavy atom. The third kappa shape index (κ3) is 12.7. The van der Waals surface area contributed by atoms with Gasteiger partial charge in [-0.1, -0.05) is 340 Å². The number of para-hydroxylation sites is 4. The summed E-state index contributed by atoms with van der Waals surface area (Å²) in [4.78, 5) is 5.48. The van der Waals surface area contributed by atoms with Gasteiger partial charge in [-0.3, -0.25) is 0 Å². The van der Waals surface area contributed by atoms with E-state index in [0.717, 1.165) is 34.1 Å². The summed E-state index contributed by atoms with van der Waals surface area (Å²) in [6, 6.07) is 105. The summed E-state index contributed by atoms with van der Waals surface area (Å²) >= 11 is 0. The summed E-state index contributed by atoms with van der Waals surface area (Å²) in [5, 5.41) is 4.94. The summed E-state index contributed by atoms with van der Waals surface area (Å²) in [5.74, 6) is 0. The molecule has 4 heterocycles. The molecule has 17 rings (SSSR count). The highest BCUT2D eigenvalue weighted by Gasteiger charge is 2.46. The lowest BCUT2D eigenvalue weighted by atomic mass is 9.33. The zero-order chi connectivity index (χ0) is 78.1. The number of aromatic nitrogens is 2. The fraction of sp³-hybridized carbons (Fsp3) is 0.264. The molecular weight excluding hydrogens is 1340 g/mol. The summed E-state index contributed by atoms with van der Waals surface area (Å²) in [6.45, 7) is 49.4. The quantitative estimate of drug-likeness (QED) is 0.141. The van der Waals surface area contributed by atoms with Crippen LogP contribution in [0.2, 0.25) is 0 Å². The van der Waals surface area contributed by atoms with E-state index in [2.05, 4.69) is 431 Å². The van der Waals surface area contributed by atoms with Gasteiger partial charge in [-0.15, -0.1) is 0 Å². The van der Waals surface area contributed by atoms with Crippen molar-refractivity contribution in [3.8, 4) is 55.9 Å². The van der Waals surface area contributed by atoms with Crippen molar-refractivity contribution in [1.82, 2.24) is 9.13 Å². The van der Waals surface area contributed by atoms with E-state index in [1.807, 2.05) is 0 Å². The molecule has 0 N–H and O–H groups in total. The summed E-state index contributed by atoms with van der Waals surface area (Å²) < 4.78 is 5.04. The van der Waals surface area contributed by atoms with Gasteiger partial charge in [0.05, 0.1) is 33.4 Å². The van der Waals surface area contributed by atoms with Crippen LogP contribution in [0.1, 0.15) is 184 Å². The van der Waals surface area contributed by atoms with Crippen molar-refractivity contribution < 1.29 is 0 Å². The Bertz CT molecular complexity index is 5730. The molecule has 2 aliphatic rings. The predicted octanol–water partition coefficient (Wildman–Crippen LogP) is 27.7. The van der Waals surface area contributed by atoms with Crippen LogP contribution in [0.25, 0.3) is 99.5 Å². The molecule has 0 saturated carbocycles. The summed E-state index contributed by atoms with van der Waals surface area (Å²) in [7, 11) is 0. The molecule has 0 aliphatic carbocycles. The van der Waals surface area contributed by atoms with Crippen molar-refractivity contribution in [2.24, 2.45) is 0 Å². The van der Waals surface area contributed by atoms with E-state index >= 15 is 0 Å². The Labute approximate surface area is 660 Å². The van der Waals surface area contributed by atoms with Crippen LogP contribution < -0.4 is 26.2 Å². The number of benzene rings is 13. The smallest absolute Gasteiger partial charge is 0.252 e. The van der Waals surface area contributed by atoms with Crippen molar-refractivity contribution in [2.45, 2.75) is 183 Å². The van der Waals surface area contributed by atoms with E-state index in [1.165, 1.54) is 155 Å². The first kappa shape index (κ1) is 73.0. The molecule has 5 heteroatoms. The largest absolute Gasteiger partial charge is 0.311 e. The maximum absolute atomic E-state index is 2.74. The zero-order valence-corrected chi connectivity index (χ0v) is 69.3. The van der Waals surface area contributed by atoms with Crippen molar-refractivity contribution in [2.75, 3.05) is 9.80 Å². The molecule has 0 unspecified atom stereocenters. The van der Waals surface area contributed by atoms with Gasteiger partial charge in [0.25, 0.3) is 6.71 Å². The second-order valence-corrected chi connectivity index (χ2v) is 39.2. The van der Waals surface area contributed by atoms with Crippen LogP contribution in [0.3, 0.4) is 0 Å². The zero-order valence-electron chi connectivity index (χ0n) is 69.3. The Morgan fingerprint density at radius 1 is 0.207 bits per heavy atom. The van der Waals surface area contributed by atoms with Gasteiger partial charge in [0.15, 0.2) is 0 Å². The van der Waals surface area contributed by atoms with Crippen LogP contribution in [-0.2, 0) is 37.9 Å². The van der Waals surface area contributed by atoms with Gasteiger partial charge in [0.1, 0.15) is 0 Å². The van der Waals surface area contributed by atoms with Crippen molar-refractivity contribution in [3.63, 3.8) is 0 Å². The average molecular weight is 1450 g/mol. The van der Waals surface area contributed by atoms with Crippen LogP contribution in [0.5, 0.6) is 0 Å². The average Bonchev–Trinajstić information content (AvgIpc) is 0.871. The maximum atomic E-state index is 2.74. The Kier molecular flexibility index (Phi) is 17.0. The normalized spacial score (nSPS) is 13.6. The molecule has 15 aromatic rings. The Balaban J connectivity index is 1.05. The molecule has 111 heavy (non-hydrogen) atoms. The fourth-order valence-electron chi connectivity index (χ4n) is 17.5. The predicted molar refractivity (Wildman–Crippen MR) is 482 cm³/mol. The van der Waals surface area contributed by atoms with Crippen LogP contribution in [0.4, 0.5) is 34.1 Å². The molecule has 4 nitrogen and oxygen atoms in total. The molecule has 0 spiro atoms. The molecule has 0 saturated heterocycles. The third-order valence-corrected chi connectivity index (χ3v) is 24.1. The highest BCUT2D eigenvalue weighted by Crippen LogP contribution is 2.53. The van der Waals surface area contributed by atoms with Gasteiger partial charge >= 0.3 is 0 Å². The molecule has 554 valence electrons. The van der Waals surface area contributed by atoms with E-state index in [4.69, 9.17) is 0 Å². The molecule has 0 radical (unpaired) electrons. The first-order valence-corrected chi connectivity index (χ1v) is 40.3. The highest BCUT2D eigenvalue weighted by atomic mass is 15.2. The maximum Gasteiger partial charge on any atom is 0.252 e. The topological polar surface area (TPSA) is 16.3 Å². The van der Waals surface area contributed by atoms with Gasteiger partial charge in [-0.05, 0) is 199 Å². The van der Waals surface area contributed by atoms with E-state index in [0.29, 0.717) is 0 Å². The number of nitrogens with zero attached hydrogens (tertiary/aromatic N) is 4.